The standard InChI is InChI=1S/C23H24Cl2N4O6/c1-2-34-23(33)35-29-11-9-15(10-12-29)26-20(30)14-7-8-18(25)19(13-14)27-22(32)28-21(31)16-5-3-4-6-17(16)24/h3-8,13,15H,2,9-12H2,1H3,(H,26,30)(H2,27,28,31,32). The lowest BCUT2D eigenvalue weighted by molar-refractivity contribution is -0.139. The SMILES string of the molecule is CCOC(=O)ON1CCC(NC(=O)c2ccc(Cl)c(NC(=O)NC(=O)c3ccccc3Cl)c2)CC1. The molecule has 2 aromatic rings. The summed E-state index contributed by atoms with van der Waals surface area (Å²) in [5, 5.41) is 9.44. The number of hydroxylamine groups is 2. The molecular weight excluding hydrogens is 499 g/mol. The molecule has 2 aromatic carbocycles. The number of urea groups is 1. The van der Waals surface area contributed by atoms with Gasteiger partial charge in [0.25, 0.3) is 11.8 Å². The fraction of sp³-hybridized carbons (Fsp3) is 0.304. The van der Waals surface area contributed by atoms with Gasteiger partial charge in [-0.05, 0) is 50.1 Å². The van der Waals surface area contributed by atoms with Gasteiger partial charge in [0.15, 0.2) is 0 Å². The maximum atomic E-state index is 12.7. The summed E-state index contributed by atoms with van der Waals surface area (Å²) in [5.41, 5.74) is 0.566. The second-order valence-corrected chi connectivity index (χ2v) is 8.35. The lowest BCUT2D eigenvalue weighted by atomic mass is 10.1. The lowest BCUT2D eigenvalue weighted by Crippen LogP contribution is -2.45. The number of halogens is 2. The van der Waals surface area contributed by atoms with Gasteiger partial charge in [-0.2, -0.15) is 0 Å². The molecule has 0 aliphatic carbocycles. The van der Waals surface area contributed by atoms with Crippen LogP contribution in [0.15, 0.2) is 42.5 Å². The van der Waals surface area contributed by atoms with Crippen LogP contribution in [0.2, 0.25) is 10.0 Å². The Morgan fingerprint density at radius 2 is 1.71 bits per heavy atom. The van der Waals surface area contributed by atoms with Crippen LogP contribution in [0.3, 0.4) is 0 Å². The average molecular weight is 523 g/mol. The van der Waals surface area contributed by atoms with E-state index in [9.17, 15) is 19.2 Å². The molecule has 1 saturated heterocycles. The molecule has 10 nitrogen and oxygen atoms in total. The molecule has 0 saturated carbocycles. The number of benzene rings is 2. The topological polar surface area (TPSA) is 126 Å². The summed E-state index contributed by atoms with van der Waals surface area (Å²) < 4.78 is 4.75. The van der Waals surface area contributed by atoms with Crippen LogP contribution in [-0.2, 0) is 9.57 Å². The molecule has 1 fully saturated rings. The van der Waals surface area contributed by atoms with E-state index < -0.39 is 18.1 Å². The van der Waals surface area contributed by atoms with E-state index in [1.165, 1.54) is 35.4 Å². The normalized spacial score (nSPS) is 14.0. The summed E-state index contributed by atoms with van der Waals surface area (Å²) in [5.74, 6) is -1.04. The van der Waals surface area contributed by atoms with Crippen molar-refractivity contribution < 1.29 is 28.8 Å². The Morgan fingerprint density at radius 1 is 1.00 bits per heavy atom. The van der Waals surface area contributed by atoms with Crippen molar-refractivity contribution in [2.75, 3.05) is 25.0 Å². The zero-order valence-electron chi connectivity index (χ0n) is 18.8. The number of hydrogen-bond acceptors (Lipinski definition) is 7. The molecule has 12 heteroatoms. The van der Waals surface area contributed by atoms with Crippen LogP contribution in [0.25, 0.3) is 0 Å². The van der Waals surface area contributed by atoms with Crippen LogP contribution in [0, 0.1) is 0 Å². The number of nitrogens with one attached hydrogen (secondary N) is 3. The predicted octanol–water partition coefficient (Wildman–Crippen LogP) is 4.24. The van der Waals surface area contributed by atoms with Crippen LogP contribution in [0.5, 0.6) is 0 Å². The van der Waals surface area contributed by atoms with Crippen LogP contribution in [0.1, 0.15) is 40.5 Å². The number of carbonyl (C=O) groups is 4. The highest BCUT2D eigenvalue weighted by molar-refractivity contribution is 6.35. The van der Waals surface area contributed by atoms with Gasteiger partial charge in [0.05, 0.1) is 27.9 Å². The molecule has 3 N–H and O–H groups in total. The van der Waals surface area contributed by atoms with Crippen molar-refractivity contribution in [1.82, 2.24) is 15.7 Å². The molecule has 0 aromatic heterocycles. The second-order valence-electron chi connectivity index (χ2n) is 7.53. The number of hydrogen-bond donors (Lipinski definition) is 3. The Kier molecular flexibility index (Phi) is 9.30. The molecule has 3 rings (SSSR count). The minimum absolute atomic E-state index is 0.131. The number of amides is 4. The molecule has 4 amide bonds. The highest BCUT2D eigenvalue weighted by Gasteiger charge is 2.24. The van der Waals surface area contributed by atoms with Crippen LogP contribution in [-0.4, -0.2) is 54.8 Å². The molecule has 0 unspecified atom stereocenters. The number of anilines is 1. The summed E-state index contributed by atoms with van der Waals surface area (Å²) >= 11 is 12.1. The molecule has 0 atom stereocenters. The van der Waals surface area contributed by atoms with Gasteiger partial charge < -0.3 is 20.2 Å². The van der Waals surface area contributed by atoms with Crippen LogP contribution < -0.4 is 16.0 Å². The first-order valence-electron chi connectivity index (χ1n) is 10.8. The molecule has 1 aliphatic heterocycles. The van der Waals surface area contributed by atoms with Crippen molar-refractivity contribution in [3.63, 3.8) is 0 Å². The average Bonchev–Trinajstić information content (AvgIpc) is 2.82. The van der Waals surface area contributed by atoms with E-state index in [0.717, 1.165) is 0 Å². The van der Waals surface area contributed by atoms with Gasteiger partial charge in [0.1, 0.15) is 0 Å². The van der Waals surface area contributed by atoms with E-state index in [1.54, 1.807) is 19.1 Å². The monoisotopic (exact) mass is 522 g/mol. The quantitative estimate of drug-likeness (QED) is 0.484. The number of carbonyl (C=O) groups excluding carboxylic acids is 4. The minimum Gasteiger partial charge on any atom is -0.433 e. The fourth-order valence-corrected chi connectivity index (χ4v) is 3.73. The van der Waals surface area contributed by atoms with E-state index in [2.05, 4.69) is 16.0 Å². The molecule has 0 bridgehead atoms. The highest BCUT2D eigenvalue weighted by Crippen LogP contribution is 2.24. The Bertz CT molecular complexity index is 1110. The zero-order valence-corrected chi connectivity index (χ0v) is 20.3. The third-order valence-electron chi connectivity index (χ3n) is 5.08. The molecule has 186 valence electrons. The smallest absolute Gasteiger partial charge is 0.433 e. The molecule has 0 spiro atoms. The van der Waals surface area contributed by atoms with E-state index in [-0.39, 0.29) is 45.4 Å². The molecule has 35 heavy (non-hydrogen) atoms. The number of rotatable bonds is 6. The van der Waals surface area contributed by atoms with Gasteiger partial charge in [-0.1, -0.05) is 35.3 Å². The van der Waals surface area contributed by atoms with Crippen molar-refractivity contribution in [1.29, 1.82) is 0 Å². The van der Waals surface area contributed by atoms with Gasteiger partial charge >= 0.3 is 12.2 Å². The summed E-state index contributed by atoms with van der Waals surface area (Å²) in [6, 6.07) is 9.74. The maximum Gasteiger partial charge on any atom is 0.527 e. The van der Waals surface area contributed by atoms with Crippen molar-refractivity contribution in [2.24, 2.45) is 0 Å². The molecule has 0 radical (unpaired) electrons. The molecular formula is C23H24Cl2N4O6. The largest absolute Gasteiger partial charge is 0.527 e. The Morgan fingerprint density at radius 3 is 2.40 bits per heavy atom. The predicted molar refractivity (Wildman–Crippen MR) is 130 cm³/mol. The number of imide groups is 1. The minimum atomic E-state index is -0.830. The summed E-state index contributed by atoms with van der Waals surface area (Å²) in [6.07, 6.45) is 0.376. The highest BCUT2D eigenvalue weighted by atomic mass is 35.5. The lowest BCUT2D eigenvalue weighted by Gasteiger charge is -2.30. The summed E-state index contributed by atoms with van der Waals surface area (Å²) in [7, 11) is 0. The van der Waals surface area contributed by atoms with Crippen molar-refractivity contribution >= 4 is 52.9 Å². The molecule has 1 heterocycles. The summed E-state index contributed by atoms with van der Waals surface area (Å²) in [6.45, 7) is 2.80. The van der Waals surface area contributed by atoms with Gasteiger partial charge in [-0.25, -0.2) is 9.59 Å². The fourth-order valence-electron chi connectivity index (χ4n) is 3.34. The zero-order chi connectivity index (χ0) is 25.4. The van der Waals surface area contributed by atoms with E-state index in [0.29, 0.717) is 25.9 Å². The summed E-state index contributed by atoms with van der Waals surface area (Å²) in [4.78, 5) is 53.8. The van der Waals surface area contributed by atoms with Crippen LogP contribution in [0.4, 0.5) is 15.3 Å². The van der Waals surface area contributed by atoms with Gasteiger partial charge in [0.2, 0.25) is 0 Å². The third kappa shape index (κ3) is 7.57. The number of ether oxygens (including phenoxy) is 1. The number of piperidine rings is 1. The second kappa shape index (κ2) is 12.4. The van der Waals surface area contributed by atoms with Crippen LogP contribution >= 0.6 is 23.2 Å². The first-order chi connectivity index (χ1) is 16.8. The Labute approximate surface area is 211 Å². The molecule has 1 aliphatic rings. The van der Waals surface area contributed by atoms with E-state index in [4.69, 9.17) is 32.8 Å². The van der Waals surface area contributed by atoms with Crippen molar-refractivity contribution in [2.45, 2.75) is 25.8 Å². The van der Waals surface area contributed by atoms with Crippen molar-refractivity contribution in [3.8, 4) is 0 Å². The van der Waals surface area contributed by atoms with Crippen molar-refractivity contribution in [3.05, 3.63) is 63.6 Å². The Hall–Kier alpha value is -3.34. The van der Waals surface area contributed by atoms with Gasteiger partial charge in [-0.15, -0.1) is 5.06 Å². The van der Waals surface area contributed by atoms with E-state index >= 15 is 0 Å². The number of nitrogens with zero attached hydrogens (tertiary/aromatic N) is 1. The Balaban J connectivity index is 1.54. The van der Waals surface area contributed by atoms with E-state index in [1.807, 2.05) is 0 Å². The van der Waals surface area contributed by atoms with Gasteiger partial charge in [-0.3, -0.25) is 14.9 Å². The first kappa shape index (κ1) is 26.3. The maximum absolute atomic E-state index is 12.7. The third-order valence-corrected chi connectivity index (χ3v) is 5.74. The first-order valence-corrected chi connectivity index (χ1v) is 11.6. The van der Waals surface area contributed by atoms with Gasteiger partial charge in [0, 0.05) is 24.7 Å².